The third-order valence-corrected chi connectivity index (χ3v) is 8.42. The molecule has 4 aliphatic carbocycles. The lowest BCUT2D eigenvalue weighted by Gasteiger charge is -2.64. The second-order valence-corrected chi connectivity index (χ2v) is 9.20. The topological polar surface area (TPSA) is 57.5 Å². The molecule has 4 fully saturated rings. The SMILES string of the molecule is C[C@]12CC[C@@H](O)C[C@@H]1CC[C@H]1[C@@H]3CCC(=O)[C@@]3(C)C[C@@H](O)[C@@]12F. The van der Waals surface area contributed by atoms with Crippen molar-refractivity contribution < 1.29 is 19.4 Å². The minimum atomic E-state index is -1.61. The smallest absolute Gasteiger partial charge is 0.145 e. The van der Waals surface area contributed by atoms with Gasteiger partial charge in [0.15, 0.2) is 0 Å². The van der Waals surface area contributed by atoms with Crippen LogP contribution < -0.4 is 0 Å². The largest absolute Gasteiger partial charge is 0.393 e. The average Bonchev–Trinajstić information content (AvgIpc) is 2.77. The number of aliphatic hydroxyl groups excluding tert-OH is 2. The van der Waals surface area contributed by atoms with Crippen LogP contribution in [-0.4, -0.2) is 33.9 Å². The first-order valence-corrected chi connectivity index (χ1v) is 9.32. The van der Waals surface area contributed by atoms with Crippen LogP contribution in [0.25, 0.3) is 0 Å². The van der Waals surface area contributed by atoms with E-state index in [9.17, 15) is 15.0 Å². The number of rotatable bonds is 0. The zero-order valence-electron chi connectivity index (χ0n) is 14.2. The van der Waals surface area contributed by atoms with Gasteiger partial charge in [0, 0.05) is 17.3 Å². The van der Waals surface area contributed by atoms with Crippen LogP contribution in [0.1, 0.15) is 65.2 Å². The molecule has 0 aromatic rings. The highest BCUT2D eigenvalue weighted by molar-refractivity contribution is 5.87. The molecule has 23 heavy (non-hydrogen) atoms. The fraction of sp³-hybridized carbons (Fsp3) is 0.947. The van der Waals surface area contributed by atoms with Gasteiger partial charge in [0.1, 0.15) is 11.5 Å². The second kappa shape index (κ2) is 4.78. The van der Waals surface area contributed by atoms with E-state index in [0.717, 1.165) is 19.3 Å². The van der Waals surface area contributed by atoms with Crippen molar-refractivity contribution in [1.82, 2.24) is 0 Å². The molecule has 0 amide bonds. The summed E-state index contributed by atoms with van der Waals surface area (Å²) in [5.74, 6) is 0.228. The summed E-state index contributed by atoms with van der Waals surface area (Å²) < 4.78 is 16.6. The zero-order valence-corrected chi connectivity index (χ0v) is 14.2. The predicted molar refractivity (Wildman–Crippen MR) is 84.5 cm³/mol. The Morgan fingerprint density at radius 3 is 2.57 bits per heavy atom. The highest BCUT2D eigenvalue weighted by Gasteiger charge is 2.71. The quantitative estimate of drug-likeness (QED) is 0.720. The van der Waals surface area contributed by atoms with E-state index in [1.54, 1.807) is 0 Å². The van der Waals surface area contributed by atoms with Crippen molar-refractivity contribution in [3.05, 3.63) is 0 Å². The molecule has 0 aromatic heterocycles. The number of carbonyl (C=O) groups excluding carboxylic acids is 1. The number of carbonyl (C=O) groups is 1. The first kappa shape index (κ1) is 16.0. The molecule has 0 bridgehead atoms. The lowest BCUT2D eigenvalue weighted by Crippen LogP contribution is -2.69. The average molecular weight is 324 g/mol. The Hall–Kier alpha value is -0.480. The Morgan fingerprint density at radius 1 is 1.09 bits per heavy atom. The van der Waals surface area contributed by atoms with Crippen LogP contribution in [0.2, 0.25) is 0 Å². The van der Waals surface area contributed by atoms with Gasteiger partial charge in [-0.1, -0.05) is 13.8 Å². The molecule has 0 aliphatic heterocycles. The maximum Gasteiger partial charge on any atom is 0.145 e. The Labute approximate surface area is 137 Å². The summed E-state index contributed by atoms with van der Waals surface area (Å²) in [6.07, 6.45) is 3.79. The van der Waals surface area contributed by atoms with Gasteiger partial charge < -0.3 is 10.2 Å². The van der Waals surface area contributed by atoms with E-state index in [0.29, 0.717) is 25.7 Å². The molecule has 4 heteroatoms. The van der Waals surface area contributed by atoms with Crippen molar-refractivity contribution in [1.29, 1.82) is 0 Å². The number of hydrogen-bond donors (Lipinski definition) is 2. The molecule has 0 heterocycles. The van der Waals surface area contributed by atoms with Crippen molar-refractivity contribution in [2.75, 3.05) is 0 Å². The van der Waals surface area contributed by atoms with Crippen molar-refractivity contribution in [3.8, 4) is 0 Å². The maximum absolute atomic E-state index is 16.6. The summed E-state index contributed by atoms with van der Waals surface area (Å²) in [5, 5.41) is 20.9. The van der Waals surface area contributed by atoms with Crippen LogP contribution >= 0.6 is 0 Å². The summed E-state index contributed by atoms with van der Waals surface area (Å²) in [6.45, 7) is 3.95. The molecule has 0 spiro atoms. The molecule has 0 saturated heterocycles. The molecule has 0 radical (unpaired) electrons. The Kier molecular flexibility index (Phi) is 3.33. The molecule has 2 N–H and O–H groups in total. The number of aliphatic hydroxyl groups is 2. The highest BCUT2D eigenvalue weighted by Crippen LogP contribution is 2.68. The van der Waals surface area contributed by atoms with Gasteiger partial charge >= 0.3 is 0 Å². The third-order valence-electron chi connectivity index (χ3n) is 8.42. The molecule has 3 nitrogen and oxygen atoms in total. The summed E-state index contributed by atoms with van der Waals surface area (Å²) in [7, 11) is 0. The minimum Gasteiger partial charge on any atom is -0.393 e. The van der Waals surface area contributed by atoms with Gasteiger partial charge in [-0.05, 0) is 62.7 Å². The number of hydrogen-bond acceptors (Lipinski definition) is 3. The van der Waals surface area contributed by atoms with E-state index in [1.165, 1.54) is 0 Å². The molecule has 130 valence electrons. The van der Waals surface area contributed by atoms with Crippen LogP contribution in [0.4, 0.5) is 4.39 Å². The van der Waals surface area contributed by atoms with Gasteiger partial charge in [0.05, 0.1) is 12.2 Å². The molecule has 4 aliphatic rings. The van der Waals surface area contributed by atoms with Gasteiger partial charge in [-0.15, -0.1) is 0 Å². The molecule has 4 rings (SSSR count). The number of fused-ring (bicyclic) bond motifs is 5. The number of Topliss-reactive ketones (excluding diaryl/α,β-unsaturated/α-hetero) is 1. The van der Waals surface area contributed by atoms with E-state index in [2.05, 4.69) is 0 Å². The monoisotopic (exact) mass is 324 g/mol. The lowest BCUT2D eigenvalue weighted by molar-refractivity contribution is -0.244. The normalized spacial score (nSPS) is 59.2. The van der Waals surface area contributed by atoms with E-state index >= 15 is 4.39 Å². The third kappa shape index (κ3) is 1.80. The molecule has 4 saturated carbocycles. The minimum absolute atomic E-state index is 0.0769. The van der Waals surface area contributed by atoms with Gasteiger partial charge in [-0.2, -0.15) is 0 Å². The number of alkyl halides is 1. The van der Waals surface area contributed by atoms with Crippen LogP contribution in [0, 0.1) is 28.6 Å². The highest BCUT2D eigenvalue weighted by atomic mass is 19.1. The maximum atomic E-state index is 16.6. The van der Waals surface area contributed by atoms with Gasteiger partial charge in [0.25, 0.3) is 0 Å². The number of halogens is 1. The van der Waals surface area contributed by atoms with Gasteiger partial charge in [-0.3, -0.25) is 4.79 Å². The molecule has 0 unspecified atom stereocenters. The van der Waals surface area contributed by atoms with Crippen LogP contribution in [0.3, 0.4) is 0 Å². The van der Waals surface area contributed by atoms with Crippen LogP contribution in [0.5, 0.6) is 0 Å². The van der Waals surface area contributed by atoms with Crippen LogP contribution in [-0.2, 0) is 4.79 Å². The fourth-order valence-corrected chi connectivity index (χ4v) is 7.01. The Balaban J connectivity index is 1.76. The summed E-state index contributed by atoms with van der Waals surface area (Å²) in [5.41, 5.74) is -2.70. The van der Waals surface area contributed by atoms with E-state index in [1.807, 2.05) is 13.8 Å². The summed E-state index contributed by atoms with van der Waals surface area (Å²) in [6, 6.07) is 0. The Bertz CT molecular complexity index is 537. The summed E-state index contributed by atoms with van der Waals surface area (Å²) >= 11 is 0. The van der Waals surface area contributed by atoms with Crippen molar-refractivity contribution in [2.24, 2.45) is 28.6 Å². The molecule has 0 aromatic carbocycles. The standard InChI is InChI=1S/C19H29FO3/c1-17-10-16(23)19(20)14(13(17)5-6-15(17)22)4-3-11-9-12(21)7-8-18(11,19)2/h11-14,16,21,23H,3-10H2,1-2H3/t11-,12+,13-,14-,16+,17-,18-,19-/m0/s1. The van der Waals surface area contributed by atoms with E-state index in [-0.39, 0.29) is 36.1 Å². The fourth-order valence-electron chi connectivity index (χ4n) is 7.01. The first-order chi connectivity index (χ1) is 10.7. The molecular weight excluding hydrogens is 295 g/mol. The first-order valence-electron chi connectivity index (χ1n) is 9.32. The molecular formula is C19H29FO3. The van der Waals surface area contributed by atoms with E-state index < -0.39 is 22.6 Å². The van der Waals surface area contributed by atoms with E-state index in [4.69, 9.17) is 0 Å². The van der Waals surface area contributed by atoms with Gasteiger partial charge in [0.2, 0.25) is 0 Å². The number of ketones is 1. The van der Waals surface area contributed by atoms with Gasteiger partial charge in [-0.25, -0.2) is 4.39 Å². The van der Waals surface area contributed by atoms with Crippen molar-refractivity contribution >= 4 is 5.78 Å². The summed E-state index contributed by atoms with van der Waals surface area (Å²) in [4.78, 5) is 12.4. The van der Waals surface area contributed by atoms with Crippen molar-refractivity contribution in [3.63, 3.8) is 0 Å². The zero-order chi connectivity index (χ0) is 16.6. The van der Waals surface area contributed by atoms with Crippen LogP contribution in [0.15, 0.2) is 0 Å². The van der Waals surface area contributed by atoms with Crippen molar-refractivity contribution in [2.45, 2.75) is 83.1 Å². The predicted octanol–water partition coefficient (Wildman–Crippen LogP) is 3.02. The lowest BCUT2D eigenvalue weighted by atomic mass is 9.43. The Morgan fingerprint density at radius 2 is 1.83 bits per heavy atom. The molecule has 8 atom stereocenters. The second-order valence-electron chi connectivity index (χ2n) is 9.20.